The Morgan fingerprint density at radius 2 is 2.06 bits per heavy atom. The Bertz CT molecular complexity index is 443. The van der Waals surface area contributed by atoms with Gasteiger partial charge in [-0.1, -0.05) is 0 Å². The lowest BCUT2D eigenvalue weighted by Crippen LogP contribution is -2.05. The zero-order chi connectivity index (χ0) is 13.5. The molecule has 0 aromatic heterocycles. The fourth-order valence-corrected chi connectivity index (χ4v) is 2.17. The molecule has 0 radical (unpaired) electrons. The van der Waals surface area contributed by atoms with Gasteiger partial charge in [-0.15, -0.1) is 11.8 Å². The van der Waals surface area contributed by atoms with Crippen LogP contribution in [0.5, 0.6) is 5.75 Å². The lowest BCUT2D eigenvalue weighted by Gasteiger charge is -2.09. The van der Waals surface area contributed by atoms with E-state index in [2.05, 4.69) is 0 Å². The van der Waals surface area contributed by atoms with E-state index in [0.29, 0.717) is 23.7 Å². The standard InChI is InChI=1S/C13H16O4S/c1-4-17-13(15)10-5-6-11(16-3)12(7-10)18-8-9(2)14/h5-7H,4,8H2,1-3H3. The van der Waals surface area contributed by atoms with Crippen LogP contribution in [0.2, 0.25) is 0 Å². The molecule has 0 spiro atoms. The Morgan fingerprint density at radius 3 is 2.61 bits per heavy atom. The maximum Gasteiger partial charge on any atom is 0.338 e. The summed E-state index contributed by atoms with van der Waals surface area (Å²) in [4.78, 5) is 23.3. The van der Waals surface area contributed by atoms with Gasteiger partial charge < -0.3 is 9.47 Å². The van der Waals surface area contributed by atoms with Crippen molar-refractivity contribution in [3.05, 3.63) is 23.8 Å². The zero-order valence-electron chi connectivity index (χ0n) is 10.7. The van der Waals surface area contributed by atoms with Crippen LogP contribution in [-0.2, 0) is 9.53 Å². The number of ketones is 1. The minimum absolute atomic E-state index is 0.0728. The van der Waals surface area contributed by atoms with Gasteiger partial charge in [0.15, 0.2) is 0 Å². The maximum atomic E-state index is 11.6. The highest BCUT2D eigenvalue weighted by Gasteiger charge is 2.11. The molecule has 0 amide bonds. The molecule has 5 heteroatoms. The molecule has 18 heavy (non-hydrogen) atoms. The SMILES string of the molecule is CCOC(=O)c1ccc(OC)c(SCC(C)=O)c1. The van der Waals surface area contributed by atoms with Crippen molar-refractivity contribution in [3.63, 3.8) is 0 Å². The highest BCUT2D eigenvalue weighted by Crippen LogP contribution is 2.30. The number of methoxy groups -OCH3 is 1. The Labute approximate surface area is 111 Å². The van der Waals surface area contributed by atoms with E-state index >= 15 is 0 Å². The second-order valence-electron chi connectivity index (χ2n) is 3.58. The third-order valence-corrected chi connectivity index (χ3v) is 3.29. The van der Waals surface area contributed by atoms with Gasteiger partial charge in [-0.05, 0) is 32.0 Å². The molecule has 0 aliphatic carbocycles. The van der Waals surface area contributed by atoms with Crippen LogP contribution in [0.25, 0.3) is 0 Å². The number of hydrogen-bond donors (Lipinski definition) is 0. The molecular weight excluding hydrogens is 252 g/mol. The predicted octanol–water partition coefficient (Wildman–Crippen LogP) is 2.55. The lowest BCUT2D eigenvalue weighted by molar-refractivity contribution is -0.114. The molecule has 98 valence electrons. The molecule has 1 aromatic carbocycles. The van der Waals surface area contributed by atoms with E-state index < -0.39 is 0 Å². The van der Waals surface area contributed by atoms with Gasteiger partial charge in [-0.3, -0.25) is 4.79 Å². The van der Waals surface area contributed by atoms with Crippen LogP contribution in [0.3, 0.4) is 0 Å². The number of benzene rings is 1. The van der Waals surface area contributed by atoms with Crippen molar-refractivity contribution < 1.29 is 19.1 Å². The molecular formula is C13H16O4S. The Kier molecular flexibility index (Phi) is 5.71. The second kappa shape index (κ2) is 7.06. The number of carbonyl (C=O) groups excluding carboxylic acids is 2. The van der Waals surface area contributed by atoms with Crippen molar-refractivity contribution in [2.24, 2.45) is 0 Å². The third kappa shape index (κ3) is 4.07. The fourth-order valence-electron chi connectivity index (χ4n) is 1.31. The first kappa shape index (κ1) is 14.6. The molecule has 1 rings (SSSR count). The molecule has 0 heterocycles. The van der Waals surface area contributed by atoms with Gasteiger partial charge in [0.25, 0.3) is 0 Å². The van der Waals surface area contributed by atoms with Crippen LogP contribution in [0, 0.1) is 0 Å². The Hall–Kier alpha value is -1.49. The number of thioether (sulfide) groups is 1. The van der Waals surface area contributed by atoms with Crippen LogP contribution in [0.4, 0.5) is 0 Å². The minimum Gasteiger partial charge on any atom is -0.496 e. The van der Waals surface area contributed by atoms with Gasteiger partial charge in [0.2, 0.25) is 0 Å². The number of Topliss-reactive ketones (excluding diaryl/α,β-unsaturated/α-hetero) is 1. The lowest BCUT2D eigenvalue weighted by atomic mass is 10.2. The first-order valence-electron chi connectivity index (χ1n) is 5.55. The van der Waals surface area contributed by atoms with E-state index in [1.54, 1.807) is 32.2 Å². The fraction of sp³-hybridized carbons (Fsp3) is 0.385. The zero-order valence-corrected chi connectivity index (χ0v) is 11.5. The molecule has 0 fully saturated rings. The second-order valence-corrected chi connectivity index (χ2v) is 4.59. The summed E-state index contributed by atoms with van der Waals surface area (Å²) in [5.74, 6) is 0.700. The molecule has 0 saturated carbocycles. The predicted molar refractivity (Wildman–Crippen MR) is 70.4 cm³/mol. The highest BCUT2D eigenvalue weighted by atomic mass is 32.2. The topological polar surface area (TPSA) is 52.6 Å². The smallest absolute Gasteiger partial charge is 0.338 e. The van der Waals surface area contributed by atoms with Crippen LogP contribution in [0.15, 0.2) is 23.1 Å². The molecule has 0 bridgehead atoms. The molecule has 0 unspecified atom stereocenters. The molecule has 4 nitrogen and oxygen atoms in total. The van der Waals surface area contributed by atoms with Crippen molar-refractivity contribution in [1.29, 1.82) is 0 Å². The average Bonchev–Trinajstić information content (AvgIpc) is 2.36. The summed E-state index contributed by atoms with van der Waals surface area (Å²) in [6.45, 7) is 3.61. The van der Waals surface area contributed by atoms with Gasteiger partial charge in [-0.25, -0.2) is 4.79 Å². The summed E-state index contributed by atoms with van der Waals surface area (Å²) in [6, 6.07) is 5.04. The number of rotatable bonds is 6. The molecule has 0 aliphatic heterocycles. The first-order valence-corrected chi connectivity index (χ1v) is 6.54. The van der Waals surface area contributed by atoms with E-state index in [4.69, 9.17) is 9.47 Å². The largest absolute Gasteiger partial charge is 0.496 e. The number of carbonyl (C=O) groups is 2. The molecule has 0 aliphatic rings. The van der Waals surface area contributed by atoms with E-state index in [-0.39, 0.29) is 11.8 Å². The monoisotopic (exact) mass is 268 g/mol. The Balaban J connectivity index is 2.93. The van der Waals surface area contributed by atoms with Gasteiger partial charge in [0.05, 0.1) is 29.9 Å². The summed E-state index contributed by atoms with van der Waals surface area (Å²) in [5.41, 5.74) is 0.462. The summed E-state index contributed by atoms with van der Waals surface area (Å²) in [5, 5.41) is 0. The van der Waals surface area contributed by atoms with Gasteiger partial charge >= 0.3 is 5.97 Å². The summed E-state index contributed by atoms with van der Waals surface area (Å²) >= 11 is 1.35. The maximum absolute atomic E-state index is 11.6. The van der Waals surface area contributed by atoms with E-state index in [1.165, 1.54) is 18.7 Å². The van der Waals surface area contributed by atoms with Crippen molar-refractivity contribution in [2.45, 2.75) is 18.7 Å². The summed E-state index contributed by atoms with van der Waals surface area (Å²) in [6.07, 6.45) is 0. The molecule has 0 atom stereocenters. The van der Waals surface area contributed by atoms with Crippen molar-refractivity contribution in [2.75, 3.05) is 19.5 Å². The van der Waals surface area contributed by atoms with Gasteiger partial charge in [0.1, 0.15) is 11.5 Å². The van der Waals surface area contributed by atoms with Crippen LogP contribution >= 0.6 is 11.8 Å². The van der Waals surface area contributed by atoms with E-state index in [0.717, 1.165) is 4.90 Å². The van der Waals surface area contributed by atoms with Crippen LogP contribution in [0.1, 0.15) is 24.2 Å². The normalized spacial score (nSPS) is 9.94. The van der Waals surface area contributed by atoms with E-state index in [9.17, 15) is 9.59 Å². The quantitative estimate of drug-likeness (QED) is 0.586. The number of esters is 1. The van der Waals surface area contributed by atoms with Crippen LogP contribution in [-0.4, -0.2) is 31.2 Å². The summed E-state index contributed by atoms with van der Waals surface area (Å²) in [7, 11) is 1.55. The third-order valence-electron chi connectivity index (χ3n) is 2.11. The number of hydrogen-bond acceptors (Lipinski definition) is 5. The van der Waals surface area contributed by atoms with Crippen LogP contribution < -0.4 is 4.74 Å². The molecule has 0 N–H and O–H groups in total. The first-order chi connectivity index (χ1) is 8.58. The van der Waals surface area contributed by atoms with Crippen molar-refractivity contribution >= 4 is 23.5 Å². The van der Waals surface area contributed by atoms with Gasteiger partial charge in [0, 0.05) is 0 Å². The Morgan fingerprint density at radius 1 is 1.33 bits per heavy atom. The van der Waals surface area contributed by atoms with Crippen molar-refractivity contribution in [1.82, 2.24) is 0 Å². The van der Waals surface area contributed by atoms with E-state index in [1.807, 2.05) is 0 Å². The number of ether oxygens (including phenoxy) is 2. The molecule has 1 aromatic rings. The highest BCUT2D eigenvalue weighted by molar-refractivity contribution is 8.00. The summed E-state index contributed by atoms with van der Waals surface area (Å²) < 4.78 is 10.1. The van der Waals surface area contributed by atoms with Gasteiger partial charge in [-0.2, -0.15) is 0 Å². The van der Waals surface area contributed by atoms with Crippen molar-refractivity contribution in [3.8, 4) is 5.75 Å². The molecule has 0 saturated heterocycles. The average molecular weight is 268 g/mol. The minimum atomic E-state index is -0.371.